The maximum absolute atomic E-state index is 12.4. The zero-order valence-electron chi connectivity index (χ0n) is 13.8. The Hall–Kier alpha value is -2.19. The average molecular weight is 350 g/mol. The highest BCUT2D eigenvalue weighted by Crippen LogP contribution is 2.25. The number of para-hydroxylation sites is 1. The van der Waals surface area contributed by atoms with Crippen molar-refractivity contribution < 1.29 is 14.3 Å². The van der Waals surface area contributed by atoms with Gasteiger partial charge in [0.2, 0.25) is 5.91 Å². The molecule has 0 spiro atoms. The van der Waals surface area contributed by atoms with Crippen LogP contribution in [0.1, 0.15) is 30.1 Å². The summed E-state index contributed by atoms with van der Waals surface area (Å²) in [5, 5.41) is 3.27. The number of hydrogen-bond donors (Lipinski definition) is 3. The number of amides is 2. The summed E-state index contributed by atoms with van der Waals surface area (Å²) in [5.41, 5.74) is 6.26. The quantitative estimate of drug-likeness (QED) is 0.542. The third-order valence-electron chi connectivity index (χ3n) is 3.60. The summed E-state index contributed by atoms with van der Waals surface area (Å²) in [6, 6.07) is 7.04. The van der Waals surface area contributed by atoms with E-state index in [1.165, 1.54) is 0 Å². The maximum atomic E-state index is 12.4. The Morgan fingerprint density at radius 2 is 2.12 bits per heavy atom. The SMILES string of the molecule is COC[C@H](C)NC(=S)NNC(=O)c1ccccc1N1CCCC1=O. The summed E-state index contributed by atoms with van der Waals surface area (Å²) in [7, 11) is 1.60. The number of benzene rings is 1. The van der Waals surface area contributed by atoms with Gasteiger partial charge >= 0.3 is 0 Å². The van der Waals surface area contributed by atoms with E-state index in [4.69, 9.17) is 17.0 Å². The second-order valence-electron chi connectivity index (χ2n) is 5.58. The number of thiocarbonyl (C=S) groups is 1. The van der Waals surface area contributed by atoms with Crippen molar-refractivity contribution in [3.05, 3.63) is 29.8 Å². The summed E-state index contributed by atoms with van der Waals surface area (Å²) < 4.78 is 5.01. The first-order valence-electron chi connectivity index (χ1n) is 7.78. The van der Waals surface area contributed by atoms with E-state index in [9.17, 15) is 9.59 Å². The molecule has 130 valence electrons. The van der Waals surface area contributed by atoms with Gasteiger partial charge in [-0.3, -0.25) is 20.4 Å². The van der Waals surface area contributed by atoms with E-state index in [0.717, 1.165) is 6.42 Å². The van der Waals surface area contributed by atoms with Gasteiger partial charge in [-0.1, -0.05) is 12.1 Å². The van der Waals surface area contributed by atoms with Crippen LogP contribution in [0.15, 0.2) is 24.3 Å². The van der Waals surface area contributed by atoms with Gasteiger partial charge in [0.1, 0.15) is 0 Å². The van der Waals surface area contributed by atoms with E-state index in [-0.39, 0.29) is 17.9 Å². The Balaban J connectivity index is 1.98. The fourth-order valence-corrected chi connectivity index (χ4v) is 2.79. The van der Waals surface area contributed by atoms with Crippen LogP contribution in [0.25, 0.3) is 0 Å². The Labute approximate surface area is 146 Å². The number of nitrogens with one attached hydrogen (secondary N) is 3. The first-order valence-corrected chi connectivity index (χ1v) is 8.19. The van der Waals surface area contributed by atoms with Crippen LogP contribution in [0.5, 0.6) is 0 Å². The number of rotatable bonds is 5. The minimum absolute atomic E-state index is 0.0152. The molecule has 0 radical (unpaired) electrons. The first kappa shape index (κ1) is 18.2. The van der Waals surface area contributed by atoms with Gasteiger partial charge in [0.25, 0.3) is 5.91 Å². The zero-order chi connectivity index (χ0) is 17.5. The fourth-order valence-electron chi connectivity index (χ4n) is 2.54. The lowest BCUT2D eigenvalue weighted by atomic mass is 10.1. The van der Waals surface area contributed by atoms with Crippen LogP contribution in [0.4, 0.5) is 5.69 Å². The molecule has 0 unspecified atom stereocenters. The van der Waals surface area contributed by atoms with Crippen LogP contribution >= 0.6 is 12.2 Å². The largest absolute Gasteiger partial charge is 0.383 e. The van der Waals surface area contributed by atoms with E-state index >= 15 is 0 Å². The van der Waals surface area contributed by atoms with E-state index in [2.05, 4.69) is 16.2 Å². The van der Waals surface area contributed by atoms with Crippen molar-refractivity contribution in [3.8, 4) is 0 Å². The van der Waals surface area contributed by atoms with E-state index in [0.29, 0.717) is 35.9 Å². The van der Waals surface area contributed by atoms with Crippen molar-refractivity contribution in [1.29, 1.82) is 0 Å². The second-order valence-corrected chi connectivity index (χ2v) is 5.98. The third kappa shape index (κ3) is 4.65. The number of ether oxygens (including phenoxy) is 1. The Morgan fingerprint density at radius 1 is 1.38 bits per heavy atom. The van der Waals surface area contributed by atoms with Crippen molar-refractivity contribution in [2.45, 2.75) is 25.8 Å². The number of nitrogens with zero attached hydrogens (tertiary/aromatic N) is 1. The lowest BCUT2D eigenvalue weighted by molar-refractivity contribution is -0.117. The Kier molecular flexibility index (Phi) is 6.51. The zero-order valence-corrected chi connectivity index (χ0v) is 14.6. The molecule has 1 saturated heterocycles. The highest BCUT2D eigenvalue weighted by Gasteiger charge is 2.25. The number of carbonyl (C=O) groups is 2. The summed E-state index contributed by atoms with van der Waals surface area (Å²) in [4.78, 5) is 26.0. The lowest BCUT2D eigenvalue weighted by Gasteiger charge is -2.20. The molecule has 1 aromatic carbocycles. The molecule has 1 aliphatic rings. The van der Waals surface area contributed by atoms with Gasteiger partial charge in [-0.05, 0) is 37.7 Å². The number of methoxy groups -OCH3 is 1. The monoisotopic (exact) mass is 350 g/mol. The van der Waals surface area contributed by atoms with Crippen LogP contribution in [-0.4, -0.2) is 43.2 Å². The molecule has 1 aromatic rings. The standard InChI is InChI=1S/C16H22N4O3S/c1-11(10-23-2)17-16(24)19-18-15(22)12-6-3-4-7-13(12)20-9-5-8-14(20)21/h3-4,6-7,11H,5,8-10H2,1-2H3,(H,18,22)(H2,17,19,24)/t11-/m0/s1. The smallest absolute Gasteiger partial charge is 0.271 e. The molecule has 2 amide bonds. The van der Waals surface area contributed by atoms with Crippen molar-refractivity contribution in [2.75, 3.05) is 25.2 Å². The van der Waals surface area contributed by atoms with Crippen LogP contribution in [0, 0.1) is 0 Å². The first-order chi connectivity index (χ1) is 11.5. The van der Waals surface area contributed by atoms with Crippen molar-refractivity contribution >= 4 is 34.8 Å². The molecule has 0 aliphatic carbocycles. The van der Waals surface area contributed by atoms with Gasteiger partial charge in [0.15, 0.2) is 5.11 Å². The topological polar surface area (TPSA) is 82.7 Å². The van der Waals surface area contributed by atoms with E-state index < -0.39 is 0 Å². The maximum Gasteiger partial charge on any atom is 0.271 e. The normalized spacial score (nSPS) is 15.1. The van der Waals surface area contributed by atoms with Gasteiger partial charge in [-0.25, -0.2) is 0 Å². The van der Waals surface area contributed by atoms with Gasteiger partial charge < -0.3 is 15.0 Å². The average Bonchev–Trinajstić information content (AvgIpc) is 2.98. The number of carbonyl (C=O) groups excluding carboxylic acids is 2. The molecule has 1 fully saturated rings. The molecule has 24 heavy (non-hydrogen) atoms. The molecule has 1 atom stereocenters. The Bertz CT molecular complexity index is 623. The number of anilines is 1. The van der Waals surface area contributed by atoms with Crippen molar-refractivity contribution in [3.63, 3.8) is 0 Å². The molecule has 3 N–H and O–H groups in total. The van der Waals surface area contributed by atoms with Crippen LogP contribution in [0.3, 0.4) is 0 Å². The van der Waals surface area contributed by atoms with Crippen LogP contribution < -0.4 is 21.1 Å². The highest BCUT2D eigenvalue weighted by atomic mass is 32.1. The molecule has 1 aliphatic heterocycles. The number of hydrazine groups is 1. The fraction of sp³-hybridized carbons (Fsp3) is 0.438. The van der Waals surface area contributed by atoms with E-state index in [1.807, 2.05) is 13.0 Å². The van der Waals surface area contributed by atoms with Crippen LogP contribution in [-0.2, 0) is 9.53 Å². The minimum atomic E-state index is -0.353. The summed E-state index contributed by atoms with van der Waals surface area (Å²) in [5.74, 6) is -0.317. The molecular weight excluding hydrogens is 328 g/mol. The summed E-state index contributed by atoms with van der Waals surface area (Å²) in [6.45, 7) is 3.04. The molecule has 0 bridgehead atoms. The Morgan fingerprint density at radius 3 is 2.79 bits per heavy atom. The molecule has 8 heteroatoms. The van der Waals surface area contributed by atoms with Gasteiger partial charge in [-0.2, -0.15) is 0 Å². The van der Waals surface area contributed by atoms with Gasteiger partial charge in [0, 0.05) is 26.1 Å². The van der Waals surface area contributed by atoms with Gasteiger partial charge in [-0.15, -0.1) is 0 Å². The molecule has 0 aromatic heterocycles. The molecule has 2 rings (SSSR count). The summed E-state index contributed by atoms with van der Waals surface area (Å²) in [6.07, 6.45) is 1.32. The van der Waals surface area contributed by atoms with Crippen LogP contribution in [0.2, 0.25) is 0 Å². The van der Waals surface area contributed by atoms with Gasteiger partial charge in [0.05, 0.1) is 17.9 Å². The van der Waals surface area contributed by atoms with Crippen molar-refractivity contribution in [1.82, 2.24) is 16.2 Å². The van der Waals surface area contributed by atoms with Crippen molar-refractivity contribution in [2.24, 2.45) is 0 Å². The molecule has 7 nitrogen and oxygen atoms in total. The predicted molar refractivity (Wildman–Crippen MR) is 95.7 cm³/mol. The molecule has 0 saturated carbocycles. The molecular formula is C16H22N4O3S. The number of hydrogen-bond acceptors (Lipinski definition) is 4. The third-order valence-corrected chi connectivity index (χ3v) is 3.82. The molecule has 1 heterocycles. The second kappa shape index (κ2) is 8.60. The minimum Gasteiger partial charge on any atom is -0.383 e. The lowest BCUT2D eigenvalue weighted by Crippen LogP contribution is -2.50. The highest BCUT2D eigenvalue weighted by molar-refractivity contribution is 7.80. The predicted octanol–water partition coefficient (Wildman–Crippen LogP) is 0.957. The van der Waals surface area contributed by atoms with E-state index in [1.54, 1.807) is 30.2 Å². The summed E-state index contributed by atoms with van der Waals surface area (Å²) >= 11 is 5.11.